The molecular weight excluding hydrogens is 200 g/mol. The summed E-state index contributed by atoms with van der Waals surface area (Å²) >= 11 is 0. The Morgan fingerprint density at radius 1 is 1.06 bits per heavy atom. The zero-order chi connectivity index (χ0) is 11.6. The molecule has 2 nitrogen and oxygen atoms in total. The second kappa shape index (κ2) is 7.94. The molecule has 1 aromatic carbocycles. The third-order valence-electron chi connectivity index (χ3n) is 2.44. The summed E-state index contributed by atoms with van der Waals surface area (Å²) in [6, 6.07) is 7.91. The van der Waals surface area contributed by atoms with Crippen molar-refractivity contribution >= 4 is 6.08 Å². The van der Waals surface area contributed by atoms with Crippen LogP contribution < -0.4 is 4.74 Å². The number of ether oxygens (including phenoxy) is 1. The Hall–Kier alpha value is -1.28. The van der Waals surface area contributed by atoms with Gasteiger partial charge in [-0.2, -0.15) is 0 Å². The van der Waals surface area contributed by atoms with E-state index in [4.69, 9.17) is 9.84 Å². The maximum absolute atomic E-state index is 8.61. The number of aliphatic hydroxyl groups is 1. The van der Waals surface area contributed by atoms with E-state index in [0.717, 1.165) is 43.6 Å². The Balaban J connectivity index is 2.14. The van der Waals surface area contributed by atoms with Crippen LogP contribution in [0.3, 0.4) is 0 Å². The molecule has 1 aromatic rings. The van der Waals surface area contributed by atoms with Crippen LogP contribution in [0.1, 0.15) is 31.2 Å². The van der Waals surface area contributed by atoms with E-state index < -0.39 is 0 Å². The highest BCUT2D eigenvalue weighted by atomic mass is 16.5. The Kier molecular flexibility index (Phi) is 6.35. The molecule has 0 aliphatic rings. The van der Waals surface area contributed by atoms with Crippen molar-refractivity contribution < 1.29 is 9.84 Å². The van der Waals surface area contributed by atoms with Crippen molar-refractivity contribution in [3.05, 3.63) is 36.4 Å². The minimum absolute atomic E-state index is 0.296. The van der Waals surface area contributed by atoms with Gasteiger partial charge in [-0.3, -0.25) is 0 Å². The molecule has 0 bridgehead atoms. The molecule has 2 heteroatoms. The van der Waals surface area contributed by atoms with E-state index in [-0.39, 0.29) is 0 Å². The fourth-order valence-corrected chi connectivity index (χ4v) is 1.46. The van der Waals surface area contributed by atoms with Crippen LogP contribution in [0.15, 0.2) is 30.8 Å². The van der Waals surface area contributed by atoms with Gasteiger partial charge in [0.05, 0.1) is 6.61 Å². The molecule has 1 rings (SSSR count). The second-order valence-electron chi connectivity index (χ2n) is 3.76. The highest BCUT2D eigenvalue weighted by Crippen LogP contribution is 2.13. The van der Waals surface area contributed by atoms with Gasteiger partial charge in [0, 0.05) is 6.61 Å². The van der Waals surface area contributed by atoms with Crippen LogP contribution in [0.5, 0.6) is 5.75 Å². The van der Waals surface area contributed by atoms with Crippen LogP contribution in [0.2, 0.25) is 0 Å². The van der Waals surface area contributed by atoms with Gasteiger partial charge in [0.25, 0.3) is 0 Å². The smallest absolute Gasteiger partial charge is 0.119 e. The first kappa shape index (κ1) is 12.8. The predicted molar refractivity (Wildman–Crippen MR) is 67.6 cm³/mol. The van der Waals surface area contributed by atoms with Crippen molar-refractivity contribution in [2.45, 2.75) is 25.7 Å². The molecule has 0 radical (unpaired) electrons. The molecule has 0 atom stereocenters. The van der Waals surface area contributed by atoms with Crippen LogP contribution >= 0.6 is 0 Å². The van der Waals surface area contributed by atoms with Crippen molar-refractivity contribution in [1.29, 1.82) is 0 Å². The average molecular weight is 220 g/mol. The van der Waals surface area contributed by atoms with Crippen LogP contribution in [-0.2, 0) is 0 Å². The summed E-state index contributed by atoms with van der Waals surface area (Å²) in [5.41, 5.74) is 1.11. The van der Waals surface area contributed by atoms with Gasteiger partial charge >= 0.3 is 0 Å². The van der Waals surface area contributed by atoms with Crippen molar-refractivity contribution in [3.63, 3.8) is 0 Å². The fraction of sp³-hybridized carbons (Fsp3) is 0.429. The second-order valence-corrected chi connectivity index (χ2v) is 3.76. The number of hydrogen-bond acceptors (Lipinski definition) is 2. The van der Waals surface area contributed by atoms with Crippen LogP contribution in [-0.4, -0.2) is 18.3 Å². The van der Waals surface area contributed by atoms with Gasteiger partial charge in [-0.05, 0) is 37.0 Å². The number of benzene rings is 1. The lowest BCUT2D eigenvalue weighted by Crippen LogP contribution is -1.97. The van der Waals surface area contributed by atoms with Gasteiger partial charge in [0.15, 0.2) is 0 Å². The Morgan fingerprint density at radius 3 is 2.38 bits per heavy atom. The van der Waals surface area contributed by atoms with Crippen molar-refractivity contribution in [1.82, 2.24) is 0 Å². The first-order valence-electron chi connectivity index (χ1n) is 5.83. The SMILES string of the molecule is C=Cc1ccc(OCCCCCCO)cc1. The van der Waals surface area contributed by atoms with Crippen LogP contribution in [0.25, 0.3) is 6.08 Å². The summed E-state index contributed by atoms with van der Waals surface area (Å²) < 4.78 is 5.59. The quantitative estimate of drug-likeness (QED) is 0.681. The maximum Gasteiger partial charge on any atom is 0.119 e. The molecule has 16 heavy (non-hydrogen) atoms. The molecule has 0 unspecified atom stereocenters. The summed E-state index contributed by atoms with van der Waals surface area (Å²) in [4.78, 5) is 0. The highest BCUT2D eigenvalue weighted by Gasteiger charge is 1.94. The molecule has 0 heterocycles. The lowest BCUT2D eigenvalue weighted by atomic mass is 10.2. The van der Waals surface area contributed by atoms with Gasteiger partial charge in [-0.1, -0.05) is 31.2 Å². The van der Waals surface area contributed by atoms with Gasteiger partial charge in [-0.15, -0.1) is 0 Å². The molecule has 1 N–H and O–H groups in total. The summed E-state index contributed by atoms with van der Waals surface area (Å²) in [5.74, 6) is 0.910. The molecule has 0 aliphatic carbocycles. The van der Waals surface area contributed by atoms with Crippen LogP contribution in [0.4, 0.5) is 0 Å². The molecule has 0 aromatic heterocycles. The Morgan fingerprint density at radius 2 is 1.75 bits per heavy atom. The summed E-state index contributed by atoms with van der Waals surface area (Å²) in [6.45, 7) is 4.75. The van der Waals surface area contributed by atoms with E-state index in [1.54, 1.807) is 0 Å². The first-order chi connectivity index (χ1) is 7.86. The van der Waals surface area contributed by atoms with Crippen LogP contribution in [0, 0.1) is 0 Å². The molecular formula is C14H20O2. The van der Waals surface area contributed by atoms with E-state index in [2.05, 4.69) is 6.58 Å². The van der Waals surface area contributed by atoms with Crippen molar-refractivity contribution in [2.24, 2.45) is 0 Å². The van der Waals surface area contributed by atoms with Gasteiger partial charge < -0.3 is 9.84 Å². The topological polar surface area (TPSA) is 29.5 Å². The average Bonchev–Trinajstić information content (AvgIpc) is 2.34. The maximum atomic E-state index is 8.61. The van der Waals surface area contributed by atoms with E-state index in [1.807, 2.05) is 30.3 Å². The van der Waals surface area contributed by atoms with Gasteiger partial charge in [-0.25, -0.2) is 0 Å². The Labute approximate surface area is 97.6 Å². The van der Waals surface area contributed by atoms with Crippen molar-refractivity contribution in [3.8, 4) is 5.75 Å². The van der Waals surface area contributed by atoms with E-state index >= 15 is 0 Å². The van der Waals surface area contributed by atoms with E-state index in [1.165, 1.54) is 0 Å². The first-order valence-corrected chi connectivity index (χ1v) is 5.83. The van der Waals surface area contributed by atoms with E-state index in [0.29, 0.717) is 6.61 Å². The Bertz CT molecular complexity index is 290. The number of rotatable bonds is 8. The molecule has 0 amide bonds. The lowest BCUT2D eigenvalue weighted by molar-refractivity contribution is 0.273. The molecule has 0 aliphatic heterocycles. The zero-order valence-electron chi connectivity index (χ0n) is 9.69. The number of aliphatic hydroxyl groups excluding tert-OH is 1. The predicted octanol–water partition coefficient (Wildman–Crippen LogP) is 3.26. The lowest BCUT2D eigenvalue weighted by Gasteiger charge is -2.06. The molecule has 0 spiro atoms. The van der Waals surface area contributed by atoms with Crippen molar-refractivity contribution in [2.75, 3.05) is 13.2 Å². The minimum Gasteiger partial charge on any atom is -0.494 e. The van der Waals surface area contributed by atoms with Gasteiger partial charge in [0.1, 0.15) is 5.75 Å². The zero-order valence-corrected chi connectivity index (χ0v) is 9.69. The summed E-state index contributed by atoms with van der Waals surface area (Å²) in [7, 11) is 0. The monoisotopic (exact) mass is 220 g/mol. The third kappa shape index (κ3) is 4.99. The number of unbranched alkanes of at least 4 members (excludes halogenated alkanes) is 3. The normalized spacial score (nSPS) is 10.1. The van der Waals surface area contributed by atoms with Gasteiger partial charge in [0.2, 0.25) is 0 Å². The standard InChI is InChI=1S/C14H20O2/c1-2-13-7-9-14(10-8-13)16-12-6-4-3-5-11-15/h2,7-10,15H,1,3-6,11-12H2. The minimum atomic E-state index is 0.296. The number of hydrogen-bond donors (Lipinski definition) is 1. The molecule has 88 valence electrons. The molecule has 0 fully saturated rings. The van der Waals surface area contributed by atoms with E-state index in [9.17, 15) is 0 Å². The molecule has 0 saturated heterocycles. The highest BCUT2D eigenvalue weighted by molar-refractivity contribution is 5.48. The third-order valence-corrected chi connectivity index (χ3v) is 2.44. The largest absolute Gasteiger partial charge is 0.494 e. The summed E-state index contributed by atoms with van der Waals surface area (Å²) in [6.07, 6.45) is 5.95. The molecule has 0 saturated carbocycles. The summed E-state index contributed by atoms with van der Waals surface area (Å²) in [5, 5.41) is 8.61. The fourth-order valence-electron chi connectivity index (χ4n) is 1.46.